The highest BCUT2D eigenvalue weighted by Crippen LogP contribution is 2.25. The Morgan fingerprint density at radius 2 is 2.07 bits per heavy atom. The number of ether oxygens (including phenoxy) is 1. The molecule has 2 atom stereocenters. The van der Waals surface area contributed by atoms with Crippen molar-refractivity contribution in [2.45, 2.75) is 32.9 Å². The lowest BCUT2D eigenvalue weighted by molar-refractivity contribution is -0.000257. The van der Waals surface area contributed by atoms with Gasteiger partial charge in [-0.05, 0) is 37.5 Å². The normalized spacial score (nSPS) is 26.6. The van der Waals surface area contributed by atoms with E-state index in [2.05, 4.69) is 44.3 Å². The second-order valence-electron chi connectivity index (χ2n) is 4.38. The van der Waals surface area contributed by atoms with Crippen molar-refractivity contribution in [3.05, 3.63) is 34.9 Å². The van der Waals surface area contributed by atoms with Crippen molar-refractivity contribution in [2.75, 3.05) is 13.2 Å². The Hall–Kier alpha value is -0.860. The predicted molar refractivity (Wildman–Crippen MR) is 62.1 cm³/mol. The zero-order valence-electron chi connectivity index (χ0n) is 9.71. The van der Waals surface area contributed by atoms with E-state index in [4.69, 9.17) is 4.74 Å². The van der Waals surface area contributed by atoms with Crippen LogP contribution in [-0.2, 0) is 4.74 Å². The Morgan fingerprint density at radius 1 is 1.27 bits per heavy atom. The molecule has 0 amide bonds. The Bertz CT molecular complexity index is 348. The highest BCUT2D eigenvalue weighted by Gasteiger charge is 2.23. The number of nitrogens with one attached hydrogen (secondary N) is 1. The summed E-state index contributed by atoms with van der Waals surface area (Å²) in [6.45, 7) is 8.24. The van der Waals surface area contributed by atoms with Gasteiger partial charge in [-0.25, -0.2) is 0 Å². The summed E-state index contributed by atoms with van der Waals surface area (Å²) >= 11 is 0. The molecule has 1 aliphatic rings. The van der Waals surface area contributed by atoms with E-state index in [9.17, 15) is 0 Å². The van der Waals surface area contributed by atoms with Gasteiger partial charge in [0.2, 0.25) is 0 Å². The standard InChI is InChI=1S/C13H19NO/c1-9-4-5-12(8-10(9)2)13-11(3)14-6-7-15-13/h4-5,8,11,13-14H,6-7H2,1-3H3. The molecular formula is C13H19NO. The molecule has 0 aromatic heterocycles. The lowest BCUT2D eigenvalue weighted by Gasteiger charge is -2.30. The summed E-state index contributed by atoms with van der Waals surface area (Å²) < 4.78 is 5.81. The van der Waals surface area contributed by atoms with Gasteiger partial charge in [0.1, 0.15) is 0 Å². The van der Waals surface area contributed by atoms with E-state index in [1.807, 2.05) is 0 Å². The molecule has 0 bridgehead atoms. The molecule has 2 nitrogen and oxygen atoms in total. The molecular weight excluding hydrogens is 186 g/mol. The van der Waals surface area contributed by atoms with Crippen molar-refractivity contribution in [3.63, 3.8) is 0 Å². The summed E-state index contributed by atoms with van der Waals surface area (Å²) in [4.78, 5) is 0. The Labute approximate surface area is 91.6 Å². The van der Waals surface area contributed by atoms with Crippen molar-refractivity contribution in [2.24, 2.45) is 0 Å². The number of morpholine rings is 1. The zero-order chi connectivity index (χ0) is 10.8. The van der Waals surface area contributed by atoms with Gasteiger partial charge in [-0.3, -0.25) is 0 Å². The topological polar surface area (TPSA) is 21.3 Å². The molecule has 0 saturated carbocycles. The van der Waals surface area contributed by atoms with Gasteiger partial charge < -0.3 is 10.1 Å². The van der Waals surface area contributed by atoms with Crippen molar-refractivity contribution in [1.29, 1.82) is 0 Å². The average Bonchev–Trinajstić information content (AvgIpc) is 2.23. The van der Waals surface area contributed by atoms with E-state index in [-0.39, 0.29) is 6.10 Å². The summed E-state index contributed by atoms with van der Waals surface area (Å²) in [5, 5.41) is 3.44. The van der Waals surface area contributed by atoms with Crippen LogP contribution in [0.1, 0.15) is 29.7 Å². The molecule has 82 valence electrons. The summed E-state index contributed by atoms with van der Waals surface area (Å²) in [6.07, 6.45) is 0.207. The first-order chi connectivity index (χ1) is 7.18. The fraction of sp³-hybridized carbons (Fsp3) is 0.538. The first kappa shape index (κ1) is 10.7. The largest absolute Gasteiger partial charge is 0.371 e. The maximum Gasteiger partial charge on any atom is 0.0975 e. The molecule has 1 aromatic carbocycles. The van der Waals surface area contributed by atoms with Crippen LogP contribution in [0.25, 0.3) is 0 Å². The summed E-state index contributed by atoms with van der Waals surface area (Å²) in [5.74, 6) is 0. The fourth-order valence-electron chi connectivity index (χ4n) is 2.05. The molecule has 1 fully saturated rings. The van der Waals surface area contributed by atoms with Gasteiger partial charge in [-0.1, -0.05) is 18.2 Å². The van der Waals surface area contributed by atoms with Gasteiger partial charge in [0, 0.05) is 12.6 Å². The second kappa shape index (κ2) is 4.33. The van der Waals surface area contributed by atoms with Gasteiger partial charge in [0.25, 0.3) is 0 Å². The van der Waals surface area contributed by atoms with Gasteiger partial charge in [-0.2, -0.15) is 0 Å². The van der Waals surface area contributed by atoms with Crippen LogP contribution >= 0.6 is 0 Å². The highest BCUT2D eigenvalue weighted by molar-refractivity contribution is 5.31. The third-order valence-corrected chi connectivity index (χ3v) is 3.18. The lowest BCUT2D eigenvalue weighted by atomic mass is 9.98. The molecule has 0 spiro atoms. The van der Waals surface area contributed by atoms with Gasteiger partial charge in [0.15, 0.2) is 0 Å². The van der Waals surface area contributed by atoms with Gasteiger partial charge in [0.05, 0.1) is 12.7 Å². The molecule has 1 saturated heterocycles. The second-order valence-corrected chi connectivity index (χ2v) is 4.38. The van der Waals surface area contributed by atoms with E-state index in [0.29, 0.717) is 6.04 Å². The van der Waals surface area contributed by atoms with E-state index in [1.54, 1.807) is 0 Å². The predicted octanol–water partition coefficient (Wildman–Crippen LogP) is 2.35. The highest BCUT2D eigenvalue weighted by atomic mass is 16.5. The van der Waals surface area contributed by atoms with Crippen LogP contribution in [0.2, 0.25) is 0 Å². The summed E-state index contributed by atoms with van der Waals surface area (Å²) in [5.41, 5.74) is 3.97. The molecule has 0 radical (unpaired) electrons. The molecule has 1 heterocycles. The SMILES string of the molecule is Cc1ccc(C2OCCNC2C)cc1C. The van der Waals surface area contributed by atoms with Crippen molar-refractivity contribution >= 4 is 0 Å². The Morgan fingerprint density at radius 3 is 2.73 bits per heavy atom. The van der Waals surface area contributed by atoms with Crippen LogP contribution in [0.5, 0.6) is 0 Å². The molecule has 1 N–H and O–H groups in total. The number of benzene rings is 1. The van der Waals surface area contributed by atoms with E-state index >= 15 is 0 Å². The van der Waals surface area contributed by atoms with Gasteiger partial charge in [-0.15, -0.1) is 0 Å². The monoisotopic (exact) mass is 205 g/mol. The number of hydrogen-bond donors (Lipinski definition) is 1. The molecule has 2 rings (SSSR count). The zero-order valence-corrected chi connectivity index (χ0v) is 9.71. The smallest absolute Gasteiger partial charge is 0.0975 e. The maximum absolute atomic E-state index is 5.81. The molecule has 1 aliphatic heterocycles. The first-order valence-electron chi connectivity index (χ1n) is 5.60. The molecule has 2 heteroatoms. The van der Waals surface area contributed by atoms with Crippen LogP contribution in [0.3, 0.4) is 0 Å². The van der Waals surface area contributed by atoms with E-state index in [0.717, 1.165) is 13.2 Å². The van der Waals surface area contributed by atoms with Crippen LogP contribution in [-0.4, -0.2) is 19.2 Å². The third-order valence-electron chi connectivity index (χ3n) is 3.18. The quantitative estimate of drug-likeness (QED) is 0.760. The summed E-state index contributed by atoms with van der Waals surface area (Å²) in [7, 11) is 0. The first-order valence-corrected chi connectivity index (χ1v) is 5.60. The molecule has 0 aliphatic carbocycles. The van der Waals surface area contributed by atoms with Crippen molar-refractivity contribution in [1.82, 2.24) is 5.32 Å². The molecule has 15 heavy (non-hydrogen) atoms. The van der Waals surface area contributed by atoms with E-state index < -0.39 is 0 Å². The Kier molecular flexibility index (Phi) is 3.08. The number of rotatable bonds is 1. The molecule has 2 unspecified atom stereocenters. The van der Waals surface area contributed by atoms with Crippen molar-refractivity contribution in [3.8, 4) is 0 Å². The van der Waals surface area contributed by atoms with Crippen molar-refractivity contribution < 1.29 is 4.74 Å². The third kappa shape index (κ3) is 2.21. The minimum Gasteiger partial charge on any atom is -0.371 e. The van der Waals surface area contributed by atoms with Crippen LogP contribution in [0.4, 0.5) is 0 Å². The van der Waals surface area contributed by atoms with Crippen LogP contribution in [0.15, 0.2) is 18.2 Å². The number of aryl methyl sites for hydroxylation is 2. The van der Waals surface area contributed by atoms with Crippen LogP contribution < -0.4 is 5.32 Å². The van der Waals surface area contributed by atoms with Crippen LogP contribution in [0, 0.1) is 13.8 Å². The minimum absolute atomic E-state index is 0.207. The summed E-state index contributed by atoms with van der Waals surface area (Å²) in [6, 6.07) is 7.00. The molecule has 1 aromatic rings. The average molecular weight is 205 g/mol. The maximum atomic E-state index is 5.81. The minimum atomic E-state index is 0.207. The lowest BCUT2D eigenvalue weighted by Crippen LogP contribution is -2.41. The number of hydrogen-bond acceptors (Lipinski definition) is 2. The fourth-order valence-corrected chi connectivity index (χ4v) is 2.05. The van der Waals surface area contributed by atoms with Gasteiger partial charge >= 0.3 is 0 Å². The Balaban J connectivity index is 2.24. The van der Waals surface area contributed by atoms with E-state index in [1.165, 1.54) is 16.7 Å².